The van der Waals surface area contributed by atoms with Gasteiger partial charge in [0.2, 0.25) is 0 Å². The summed E-state index contributed by atoms with van der Waals surface area (Å²) in [7, 11) is 1.74. The van der Waals surface area contributed by atoms with Crippen molar-refractivity contribution in [1.82, 2.24) is 5.32 Å². The van der Waals surface area contributed by atoms with Crippen molar-refractivity contribution in [2.75, 3.05) is 26.8 Å². The zero-order valence-electron chi connectivity index (χ0n) is 23.2. The molecular weight excluding hydrogens is 514 g/mol. The highest BCUT2D eigenvalue weighted by Gasteiger charge is 2.35. The fraction of sp³-hybridized carbons (Fsp3) is 0.484. The summed E-state index contributed by atoms with van der Waals surface area (Å²) in [5, 5.41) is 33.0. The van der Waals surface area contributed by atoms with Gasteiger partial charge in [0.05, 0.1) is 25.1 Å². The number of likely N-dealkylation sites (N-methyl/N-ethyl adjacent to an activating group) is 1. The molecule has 6 N–H and O–H groups in total. The van der Waals surface area contributed by atoms with Gasteiger partial charge in [-0.2, -0.15) is 0 Å². The molecule has 3 unspecified atom stereocenters. The maximum Gasteiger partial charge on any atom is 0.167 e. The summed E-state index contributed by atoms with van der Waals surface area (Å²) in [6, 6.07) is 11.2. The van der Waals surface area contributed by atoms with Crippen molar-refractivity contribution in [3.63, 3.8) is 0 Å². The van der Waals surface area contributed by atoms with Crippen molar-refractivity contribution in [2.24, 2.45) is 17.8 Å². The van der Waals surface area contributed by atoms with E-state index in [1.54, 1.807) is 13.1 Å². The fourth-order valence-corrected chi connectivity index (χ4v) is 5.71. The largest absolute Gasteiger partial charge is 0.507 e. The van der Waals surface area contributed by atoms with E-state index in [0.717, 1.165) is 22.3 Å². The Bertz CT molecular complexity index is 1200. The molecule has 0 heterocycles. The highest BCUT2D eigenvalue weighted by molar-refractivity contribution is 6.03. The lowest BCUT2D eigenvalue weighted by Gasteiger charge is -2.31. The van der Waals surface area contributed by atoms with E-state index in [0.29, 0.717) is 37.8 Å². The number of ketones is 4. The molecule has 1 aliphatic rings. The summed E-state index contributed by atoms with van der Waals surface area (Å²) in [5.74, 6) is -2.04. The van der Waals surface area contributed by atoms with Crippen LogP contribution in [0.5, 0.6) is 5.75 Å². The minimum absolute atomic E-state index is 0. The Balaban J connectivity index is 0.00000560. The zero-order valence-corrected chi connectivity index (χ0v) is 23.2. The van der Waals surface area contributed by atoms with Gasteiger partial charge in [0.25, 0.3) is 0 Å². The van der Waals surface area contributed by atoms with Crippen LogP contribution in [0.15, 0.2) is 36.4 Å². The number of hydrogen-bond acceptors (Lipinski definition) is 8. The first-order chi connectivity index (χ1) is 18.7. The zero-order chi connectivity index (χ0) is 28.5. The first-order valence-electron chi connectivity index (χ1n) is 13.6. The van der Waals surface area contributed by atoms with E-state index in [4.69, 9.17) is 0 Å². The molecule has 0 aliphatic heterocycles. The number of rotatable bonds is 15. The third-order valence-electron chi connectivity index (χ3n) is 7.61. The number of aliphatic hydroxyl groups is 2. The normalized spacial score (nSPS) is 16.0. The number of hydrogen-bond donors (Lipinski definition) is 4. The molecular formula is C31H45NO8. The van der Waals surface area contributed by atoms with E-state index in [1.165, 1.54) is 13.0 Å². The second kappa shape index (κ2) is 15.5. The minimum Gasteiger partial charge on any atom is -0.507 e. The molecule has 0 aromatic heterocycles. The van der Waals surface area contributed by atoms with Crippen molar-refractivity contribution in [1.29, 1.82) is 0 Å². The van der Waals surface area contributed by atoms with E-state index in [2.05, 4.69) is 5.32 Å². The van der Waals surface area contributed by atoms with Crippen LogP contribution in [0.3, 0.4) is 0 Å². The van der Waals surface area contributed by atoms with Crippen LogP contribution in [-0.4, -0.2) is 70.7 Å². The molecule has 2 aromatic carbocycles. The average molecular weight is 560 g/mol. The van der Waals surface area contributed by atoms with Crippen LogP contribution >= 0.6 is 0 Å². The molecule has 222 valence electrons. The van der Waals surface area contributed by atoms with E-state index >= 15 is 0 Å². The predicted octanol–water partition coefficient (Wildman–Crippen LogP) is 2.74. The van der Waals surface area contributed by atoms with E-state index in [9.17, 15) is 34.5 Å². The van der Waals surface area contributed by atoms with Crippen LogP contribution in [0.25, 0.3) is 11.1 Å². The SMILES string of the molecule is CNCC(=O)CCc1ccc(-c2ccc(O)c3c2CC(CC(CCO)C(CO)C(=O)CC(C)=O)CC3=O)cc1.O.[HH].[HH]. The van der Waals surface area contributed by atoms with Gasteiger partial charge in [-0.25, -0.2) is 0 Å². The third kappa shape index (κ3) is 8.38. The molecule has 1 aliphatic carbocycles. The van der Waals surface area contributed by atoms with Gasteiger partial charge in [-0.15, -0.1) is 0 Å². The first-order valence-corrected chi connectivity index (χ1v) is 13.6. The number of aryl methyl sites for hydroxylation is 1. The molecule has 9 heteroatoms. The smallest absolute Gasteiger partial charge is 0.167 e. The molecule has 40 heavy (non-hydrogen) atoms. The molecule has 3 atom stereocenters. The first kappa shape index (κ1) is 33.0. The van der Waals surface area contributed by atoms with Crippen LogP contribution in [0, 0.1) is 17.8 Å². The summed E-state index contributed by atoms with van der Waals surface area (Å²) in [6.45, 7) is 1.07. The minimum atomic E-state index is -0.784. The van der Waals surface area contributed by atoms with Crippen LogP contribution in [0.1, 0.15) is 63.4 Å². The Morgan fingerprint density at radius 3 is 2.38 bits per heavy atom. The van der Waals surface area contributed by atoms with Crippen LogP contribution < -0.4 is 5.32 Å². The second-order valence-electron chi connectivity index (χ2n) is 10.6. The Morgan fingerprint density at radius 1 is 1.07 bits per heavy atom. The molecule has 9 nitrogen and oxygen atoms in total. The Labute approximate surface area is 237 Å². The standard InChI is InChI=1S/C31H39NO7.H2O.2H2/c1-19(35)13-29(38)27(18-34)23(11-12-33)14-21-15-26-25(9-10-28(37)31(26)30(39)16-21)22-6-3-20(4-7-22)5-8-24(36)17-32-2;;;/h3-4,6-7,9-10,21,23,27,32-34,37H,5,8,11-18H2,1-2H3;1H2;2*1H. The number of carbonyl (C=O) groups excluding carboxylic acids is 4. The number of fused-ring (bicyclic) bond motifs is 1. The highest BCUT2D eigenvalue weighted by atomic mass is 16.3. The van der Waals surface area contributed by atoms with E-state index in [1.807, 2.05) is 24.3 Å². The van der Waals surface area contributed by atoms with Gasteiger partial charge in [-0.1, -0.05) is 30.3 Å². The molecule has 3 rings (SSSR count). The molecule has 2 aromatic rings. The quantitative estimate of drug-likeness (QED) is 0.241. The van der Waals surface area contributed by atoms with Crippen LogP contribution in [0.4, 0.5) is 0 Å². The van der Waals surface area contributed by atoms with E-state index in [-0.39, 0.29) is 74.9 Å². The van der Waals surface area contributed by atoms with Crippen molar-refractivity contribution in [2.45, 2.75) is 51.9 Å². The van der Waals surface area contributed by atoms with Crippen LogP contribution in [-0.2, 0) is 27.2 Å². The van der Waals surface area contributed by atoms with Gasteiger partial charge in [0.15, 0.2) is 5.78 Å². The van der Waals surface area contributed by atoms with Crippen molar-refractivity contribution < 1.29 is 42.8 Å². The number of benzene rings is 2. The number of Topliss-reactive ketones (excluding diaryl/α,β-unsaturated/α-hetero) is 4. The number of phenols is 1. The summed E-state index contributed by atoms with van der Waals surface area (Å²) in [5.41, 5.74) is 3.81. The molecule has 0 spiro atoms. The Hall–Kier alpha value is -3.24. The molecule has 0 saturated heterocycles. The summed E-state index contributed by atoms with van der Waals surface area (Å²) in [6.07, 6.45) is 2.19. The van der Waals surface area contributed by atoms with Gasteiger partial charge in [0.1, 0.15) is 23.1 Å². The second-order valence-corrected chi connectivity index (χ2v) is 10.6. The topological polar surface area (TPSA) is 172 Å². The van der Waals surface area contributed by atoms with Gasteiger partial charge < -0.3 is 26.1 Å². The number of carbonyl (C=O) groups is 4. The van der Waals surface area contributed by atoms with Crippen LogP contribution in [0.2, 0.25) is 0 Å². The number of aliphatic hydroxyl groups excluding tert-OH is 2. The maximum absolute atomic E-state index is 13.2. The van der Waals surface area contributed by atoms with Crippen molar-refractivity contribution in [3.8, 4) is 16.9 Å². The lowest BCUT2D eigenvalue weighted by atomic mass is 9.72. The van der Waals surface area contributed by atoms with Gasteiger partial charge in [-0.05, 0) is 79.8 Å². The van der Waals surface area contributed by atoms with Gasteiger partial charge >= 0.3 is 0 Å². The van der Waals surface area contributed by atoms with Gasteiger partial charge in [0, 0.05) is 28.2 Å². The summed E-state index contributed by atoms with van der Waals surface area (Å²) >= 11 is 0. The monoisotopic (exact) mass is 559 g/mol. The lowest BCUT2D eigenvalue weighted by Crippen LogP contribution is -2.32. The Kier molecular flexibility index (Phi) is 12.8. The third-order valence-corrected chi connectivity index (χ3v) is 7.61. The number of phenolic OH excluding ortho intramolecular Hbond substituents is 1. The number of nitrogens with one attached hydrogen (secondary N) is 1. The fourth-order valence-electron chi connectivity index (χ4n) is 5.71. The summed E-state index contributed by atoms with van der Waals surface area (Å²) < 4.78 is 0. The van der Waals surface area contributed by atoms with Crippen molar-refractivity contribution >= 4 is 23.1 Å². The van der Waals surface area contributed by atoms with Gasteiger partial charge in [-0.3, -0.25) is 19.2 Å². The molecule has 0 radical (unpaired) electrons. The molecule has 0 fully saturated rings. The lowest BCUT2D eigenvalue weighted by molar-refractivity contribution is -0.131. The number of aromatic hydroxyl groups is 1. The average Bonchev–Trinajstić information content (AvgIpc) is 2.88. The molecule has 0 amide bonds. The maximum atomic E-state index is 13.2. The predicted molar refractivity (Wildman–Crippen MR) is 155 cm³/mol. The van der Waals surface area contributed by atoms with Crippen molar-refractivity contribution in [3.05, 3.63) is 53.1 Å². The molecule has 0 saturated carbocycles. The Morgan fingerprint density at radius 2 is 1.77 bits per heavy atom. The van der Waals surface area contributed by atoms with E-state index < -0.39 is 12.5 Å². The molecule has 0 bridgehead atoms. The summed E-state index contributed by atoms with van der Waals surface area (Å²) in [4.78, 5) is 49.2. The highest BCUT2D eigenvalue weighted by Crippen LogP contribution is 2.41.